The van der Waals surface area contributed by atoms with Gasteiger partial charge in [0.25, 0.3) is 11.7 Å². The minimum Gasteiger partial charge on any atom is -0.460 e. The Labute approximate surface area is 414 Å². The molecular formula is C55H81NO12S. The highest BCUT2D eigenvalue weighted by atomic mass is 32.1. The number of cyclic esters (lactones) is 1. The molecule has 1 aliphatic carbocycles. The lowest BCUT2D eigenvalue weighted by atomic mass is 9.78. The van der Waals surface area contributed by atoms with Crippen molar-refractivity contribution in [2.45, 2.75) is 187 Å². The minimum absolute atomic E-state index is 0.0241. The van der Waals surface area contributed by atoms with E-state index in [0.717, 1.165) is 21.7 Å². The van der Waals surface area contributed by atoms with Gasteiger partial charge in [-0.05, 0) is 127 Å². The van der Waals surface area contributed by atoms with E-state index in [4.69, 9.17) is 18.9 Å². The summed E-state index contributed by atoms with van der Waals surface area (Å²) >= 11 is 1.67. The fourth-order valence-electron chi connectivity index (χ4n) is 10.8. The van der Waals surface area contributed by atoms with Crippen molar-refractivity contribution >= 4 is 40.6 Å². The van der Waals surface area contributed by atoms with Crippen LogP contribution in [0.3, 0.4) is 0 Å². The fourth-order valence-corrected chi connectivity index (χ4v) is 11.9. The zero-order chi connectivity index (χ0) is 50.7. The van der Waals surface area contributed by atoms with E-state index >= 15 is 0 Å². The van der Waals surface area contributed by atoms with Gasteiger partial charge in [-0.1, -0.05) is 76.6 Å². The second-order valence-electron chi connectivity index (χ2n) is 20.9. The molecule has 3 fully saturated rings. The largest absolute Gasteiger partial charge is 0.460 e. The molecule has 0 spiro atoms. The molecule has 0 unspecified atom stereocenters. The van der Waals surface area contributed by atoms with Gasteiger partial charge >= 0.3 is 5.97 Å². The number of piperidine rings is 1. The van der Waals surface area contributed by atoms with Gasteiger partial charge in [0.2, 0.25) is 5.79 Å². The number of ketones is 3. The number of aryl methyl sites for hydroxylation is 1. The number of aliphatic hydroxyl groups excluding tert-OH is 2. The lowest BCUT2D eigenvalue weighted by Crippen LogP contribution is -2.60. The van der Waals surface area contributed by atoms with E-state index in [0.29, 0.717) is 63.4 Å². The average Bonchev–Trinajstić information content (AvgIpc) is 3.76. The molecule has 0 radical (unpaired) electrons. The Balaban J connectivity index is 1.50. The Morgan fingerprint density at radius 3 is 2.29 bits per heavy atom. The van der Waals surface area contributed by atoms with E-state index in [-0.39, 0.29) is 60.7 Å². The van der Waals surface area contributed by atoms with E-state index in [1.807, 2.05) is 65.0 Å². The highest BCUT2D eigenvalue weighted by Crippen LogP contribution is 2.41. The number of hydrogen-bond donors (Lipinski definition) is 3. The van der Waals surface area contributed by atoms with Crippen LogP contribution in [0.1, 0.15) is 141 Å². The summed E-state index contributed by atoms with van der Waals surface area (Å²) in [6.07, 6.45) is 12.3. The Hall–Kier alpha value is -3.63. The van der Waals surface area contributed by atoms with Crippen molar-refractivity contribution < 1.29 is 58.2 Å². The van der Waals surface area contributed by atoms with Gasteiger partial charge in [0, 0.05) is 60.6 Å². The van der Waals surface area contributed by atoms with Crippen LogP contribution in [0.4, 0.5) is 0 Å². The summed E-state index contributed by atoms with van der Waals surface area (Å²) in [6, 6.07) is 3.02. The average molecular weight is 980 g/mol. The number of aliphatic hydroxyl groups is 3. The number of carbonyl (C=O) groups excluding carboxylic acids is 5. The zero-order valence-corrected chi connectivity index (χ0v) is 43.6. The summed E-state index contributed by atoms with van der Waals surface area (Å²) in [5.41, 5.74) is 1.44. The molecule has 14 heteroatoms. The van der Waals surface area contributed by atoms with Crippen LogP contribution < -0.4 is 0 Å². The number of thiophene rings is 1. The quantitative estimate of drug-likeness (QED) is 0.141. The molecule has 15 atom stereocenters. The first-order valence-electron chi connectivity index (χ1n) is 25.4. The number of fused-ring (bicyclic) bond motifs is 3. The topological polar surface area (TPSA) is 186 Å². The Bertz CT molecular complexity index is 2060. The van der Waals surface area contributed by atoms with E-state index in [1.165, 1.54) is 12.0 Å². The van der Waals surface area contributed by atoms with Crippen molar-refractivity contribution in [2.24, 2.45) is 35.5 Å². The van der Waals surface area contributed by atoms with Crippen molar-refractivity contribution in [3.8, 4) is 0 Å². The molecule has 1 amide bonds. The molecule has 4 heterocycles. The number of hydrogen-bond acceptors (Lipinski definition) is 13. The monoisotopic (exact) mass is 980 g/mol. The molecule has 1 aromatic rings. The van der Waals surface area contributed by atoms with Gasteiger partial charge < -0.3 is 39.2 Å². The van der Waals surface area contributed by atoms with E-state index in [1.54, 1.807) is 45.3 Å². The van der Waals surface area contributed by atoms with Gasteiger partial charge in [0.15, 0.2) is 5.78 Å². The predicted octanol–water partition coefficient (Wildman–Crippen LogP) is 8.32. The fraction of sp³-hybridized carbons (Fsp3) is 0.691. The van der Waals surface area contributed by atoms with Crippen molar-refractivity contribution in [2.75, 3.05) is 20.8 Å². The van der Waals surface area contributed by atoms with Crippen molar-refractivity contribution in [1.82, 2.24) is 4.90 Å². The molecule has 69 heavy (non-hydrogen) atoms. The third-order valence-electron chi connectivity index (χ3n) is 15.4. The summed E-state index contributed by atoms with van der Waals surface area (Å²) in [5, 5.41) is 34.2. The van der Waals surface area contributed by atoms with Gasteiger partial charge in [-0.15, -0.1) is 11.3 Å². The van der Waals surface area contributed by atoms with Crippen LogP contribution in [0.5, 0.6) is 0 Å². The maximum Gasteiger partial charge on any atom is 0.329 e. The van der Waals surface area contributed by atoms with Crippen LogP contribution in [0.25, 0.3) is 0 Å². The third-order valence-corrected chi connectivity index (χ3v) is 16.5. The van der Waals surface area contributed by atoms with Crippen LogP contribution in [0, 0.1) is 42.4 Å². The number of allylic oxidation sites excluding steroid dienone is 7. The molecule has 1 aromatic heterocycles. The zero-order valence-electron chi connectivity index (χ0n) is 42.8. The molecule has 5 rings (SSSR count). The number of methoxy groups -OCH3 is 2. The molecule has 2 saturated heterocycles. The standard InChI is InChI=1S/C55H81NO12S/c1-32-16-12-11-13-17-33(2)42(48-24-20-39(8)69-48)30-41-22-19-38(7)55(64,68-41)52(61)53(62)56-25-15-14-18-43(56)54(63)67-46(35(4)28-40-21-23-44(57)47(29-40)65-9)31-45(58)34(3)27-37(6)50(60)51(66-10)49(59)36(5)26-32/h11-13,16-17,20,24,27,32,34-36,38,40-44,46-47,50-51,57,60,64H,14-15,18-19,21-23,25-26,28-31H2,1-10H3/b13-11+,16-12+,33-17+,37-27+/t32-,34-,35-,36-,38-,40+,41+,42+,43+,44-,46+,47-,50-,51+,55-/m1/s1. The smallest absolute Gasteiger partial charge is 0.329 e. The lowest BCUT2D eigenvalue weighted by molar-refractivity contribution is -0.264. The molecule has 3 N–H and O–H groups in total. The molecule has 4 aliphatic rings. The molecule has 13 nitrogen and oxygen atoms in total. The molecule has 384 valence electrons. The first-order chi connectivity index (χ1) is 32.7. The van der Waals surface area contributed by atoms with Gasteiger partial charge in [-0.2, -0.15) is 0 Å². The van der Waals surface area contributed by atoms with Crippen LogP contribution in [0.15, 0.2) is 59.7 Å². The number of ether oxygens (including phenoxy) is 4. The van der Waals surface area contributed by atoms with Crippen LogP contribution in [-0.4, -0.2) is 119 Å². The maximum absolute atomic E-state index is 14.5. The van der Waals surface area contributed by atoms with E-state index in [2.05, 4.69) is 12.1 Å². The highest BCUT2D eigenvalue weighted by molar-refractivity contribution is 7.12. The molecular weight excluding hydrogens is 899 g/mol. The van der Waals surface area contributed by atoms with Gasteiger partial charge in [0.05, 0.1) is 18.3 Å². The van der Waals surface area contributed by atoms with Crippen LogP contribution in [-0.2, 0) is 42.9 Å². The van der Waals surface area contributed by atoms with Crippen LogP contribution >= 0.6 is 11.3 Å². The Morgan fingerprint density at radius 2 is 1.61 bits per heavy atom. The Kier molecular flexibility index (Phi) is 20.9. The number of amides is 1. The summed E-state index contributed by atoms with van der Waals surface area (Å²) in [5.74, 6) is -7.96. The van der Waals surface area contributed by atoms with Crippen molar-refractivity contribution in [3.63, 3.8) is 0 Å². The SMILES string of the molecule is CO[C@@H]1C[C@H](C[C@@H](C)[C@@H]2CC(=O)[C@H](C)/C=C(\C)[C@@H](O)[C@@H](OC)C(=O)[C@H](C)C[C@H](C)/C=C/C=C/C=C(\C)[C@@H](c3ccc(C)s3)C[C@@H]3CC[C@@H](C)[C@@](O)(O3)C(=O)C(=O)N3CCCC[C@H]3C(=O)O2)CC[C@H]1O. The van der Waals surface area contributed by atoms with Crippen molar-refractivity contribution in [1.29, 1.82) is 0 Å². The molecule has 0 aromatic carbocycles. The number of carbonyl (C=O) groups is 5. The number of Topliss-reactive ketones (excluding diaryl/α,β-unsaturated/α-hetero) is 3. The lowest BCUT2D eigenvalue weighted by Gasteiger charge is -2.43. The van der Waals surface area contributed by atoms with Crippen molar-refractivity contribution in [3.05, 3.63) is 69.5 Å². The first kappa shape index (κ1) is 56.3. The van der Waals surface area contributed by atoms with E-state index in [9.17, 15) is 39.3 Å². The van der Waals surface area contributed by atoms with Crippen LogP contribution in [0.2, 0.25) is 0 Å². The number of rotatable bonds is 6. The normalized spacial score (nSPS) is 38.8. The second kappa shape index (κ2) is 25.7. The molecule has 1 saturated carbocycles. The second-order valence-corrected chi connectivity index (χ2v) is 22.2. The highest BCUT2D eigenvalue weighted by Gasteiger charge is 2.53. The Morgan fingerprint density at radius 1 is 0.870 bits per heavy atom. The molecule has 3 aliphatic heterocycles. The van der Waals surface area contributed by atoms with Gasteiger partial charge in [-0.25, -0.2) is 4.79 Å². The third kappa shape index (κ3) is 14.5. The summed E-state index contributed by atoms with van der Waals surface area (Å²) in [7, 11) is 2.96. The first-order valence-corrected chi connectivity index (χ1v) is 26.2. The number of nitrogens with zero attached hydrogens (tertiary/aromatic N) is 1. The molecule has 2 bridgehead atoms. The van der Waals surface area contributed by atoms with Gasteiger partial charge in [-0.3, -0.25) is 19.2 Å². The predicted molar refractivity (Wildman–Crippen MR) is 266 cm³/mol. The number of esters is 1. The van der Waals surface area contributed by atoms with E-state index < -0.39 is 77.8 Å². The minimum atomic E-state index is -2.42. The van der Waals surface area contributed by atoms with Gasteiger partial charge in [0.1, 0.15) is 30.1 Å². The summed E-state index contributed by atoms with van der Waals surface area (Å²) in [6.45, 7) is 15.0. The summed E-state index contributed by atoms with van der Waals surface area (Å²) < 4.78 is 23.9. The maximum atomic E-state index is 14.5. The summed E-state index contributed by atoms with van der Waals surface area (Å²) in [4.78, 5) is 74.8.